The van der Waals surface area contributed by atoms with Crippen LogP contribution in [0.3, 0.4) is 0 Å². The molecule has 0 aliphatic heterocycles. The molecule has 0 spiro atoms. The number of carbonyl (C=O) groups excluding carboxylic acids is 1. The molecular weight excluding hydrogens is 284 g/mol. The number of hydrogen-bond donors (Lipinski definition) is 1. The van der Waals surface area contributed by atoms with E-state index in [0.29, 0.717) is 11.5 Å². The largest absolute Gasteiger partial charge is 0.508 e. The molecule has 0 heterocycles. The fourth-order valence-electron chi connectivity index (χ4n) is 2.40. The van der Waals surface area contributed by atoms with Gasteiger partial charge in [0.25, 0.3) is 0 Å². The first-order valence-electron chi connectivity index (χ1n) is 8.27. The molecule has 2 nitrogen and oxygen atoms in total. The fraction of sp³-hybridized carbons (Fsp3) is 0.381. The summed E-state index contributed by atoms with van der Waals surface area (Å²) in [7, 11) is 0. The molecule has 1 aromatic rings. The fourth-order valence-corrected chi connectivity index (χ4v) is 2.40. The number of phenols is 1. The number of ketones is 1. The zero-order chi connectivity index (χ0) is 17.2. The number of allylic oxidation sites excluding steroid dienone is 5. The van der Waals surface area contributed by atoms with E-state index in [0.717, 1.165) is 24.3 Å². The Balaban J connectivity index is 0.000000284. The maximum absolute atomic E-state index is 11.9. The molecule has 1 atom stereocenters. The van der Waals surface area contributed by atoms with Gasteiger partial charge in [0, 0.05) is 11.1 Å². The number of phenolic OH excluding ortho intramolecular Hbond substituents is 1. The Kier molecular flexibility index (Phi) is 8.10. The van der Waals surface area contributed by atoms with Gasteiger partial charge in [-0.2, -0.15) is 0 Å². The lowest BCUT2D eigenvalue weighted by Crippen LogP contribution is -2.02. The minimum absolute atomic E-state index is 0.0194. The molecule has 0 amide bonds. The lowest BCUT2D eigenvalue weighted by molar-refractivity contribution is 0.103. The topological polar surface area (TPSA) is 37.3 Å². The van der Waals surface area contributed by atoms with Gasteiger partial charge in [0.15, 0.2) is 5.78 Å². The Labute approximate surface area is 140 Å². The summed E-state index contributed by atoms with van der Waals surface area (Å²) in [4.78, 5) is 11.9. The van der Waals surface area contributed by atoms with Gasteiger partial charge < -0.3 is 5.11 Å². The van der Waals surface area contributed by atoms with Crippen LogP contribution < -0.4 is 0 Å². The highest BCUT2D eigenvalue weighted by molar-refractivity contribution is 6.10. The van der Waals surface area contributed by atoms with Crippen LogP contribution in [0.25, 0.3) is 0 Å². The van der Waals surface area contributed by atoms with E-state index in [-0.39, 0.29) is 11.5 Å². The number of benzene rings is 1. The first-order valence-corrected chi connectivity index (χ1v) is 8.27. The average molecular weight is 312 g/mol. The molecule has 1 aliphatic rings. The second kappa shape index (κ2) is 9.83. The van der Waals surface area contributed by atoms with Crippen molar-refractivity contribution in [2.24, 2.45) is 11.8 Å². The summed E-state index contributed by atoms with van der Waals surface area (Å²) in [6.07, 6.45) is 11.0. The van der Waals surface area contributed by atoms with Crippen molar-refractivity contribution in [3.8, 4) is 5.75 Å². The molecule has 0 fully saturated rings. The van der Waals surface area contributed by atoms with Gasteiger partial charge in [-0.3, -0.25) is 4.79 Å². The van der Waals surface area contributed by atoms with Crippen molar-refractivity contribution in [3.63, 3.8) is 0 Å². The van der Waals surface area contributed by atoms with Gasteiger partial charge in [0.2, 0.25) is 0 Å². The molecule has 23 heavy (non-hydrogen) atoms. The van der Waals surface area contributed by atoms with E-state index in [1.54, 1.807) is 12.1 Å². The first kappa shape index (κ1) is 19.0. The molecule has 0 bridgehead atoms. The summed E-state index contributed by atoms with van der Waals surface area (Å²) < 4.78 is 0. The third-order valence-electron chi connectivity index (χ3n) is 3.63. The molecule has 0 aromatic heterocycles. The predicted octanol–water partition coefficient (Wildman–Crippen LogP) is 5.71. The Morgan fingerprint density at radius 2 is 1.87 bits per heavy atom. The van der Waals surface area contributed by atoms with Crippen molar-refractivity contribution in [2.45, 2.75) is 40.0 Å². The number of hydrogen-bond acceptors (Lipinski definition) is 2. The zero-order valence-corrected chi connectivity index (χ0v) is 14.5. The van der Waals surface area contributed by atoms with E-state index in [1.165, 1.54) is 18.6 Å². The molecule has 2 heteroatoms. The smallest absolute Gasteiger partial charge is 0.192 e. The van der Waals surface area contributed by atoms with Gasteiger partial charge in [-0.25, -0.2) is 0 Å². The molecular formula is C21H28O2. The first-order chi connectivity index (χ1) is 10.9. The van der Waals surface area contributed by atoms with Crippen LogP contribution in [0.15, 0.2) is 60.7 Å². The van der Waals surface area contributed by atoms with Crippen LogP contribution in [0, 0.1) is 11.8 Å². The van der Waals surface area contributed by atoms with Crippen molar-refractivity contribution < 1.29 is 9.90 Å². The second-order valence-corrected chi connectivity index (χ2v) is 6.36. The van der Waals surface area contributed by atoms with Crippen LogP contribution in [-0.4, -0.2) is 10.9 Å². The minimum Gasteiger partial charge on any atom is -0.508 e. The predicted molar refractivity (Wildman–Crippen MR) is 97.7 cm³/mol. The van der Waals surface area contributed by atoms with E-state index in [4.69, 9.17) is 5.11 Å². The van der Waals surface area contributed by atoms with Gasteiger partial charge in [0.05, 0.1) is 0 Å². The molecule has 1 unspecified atom stereocenters. The van der Waals surface area contributed by atoms with Crippen LogP contribution in [0.2, 0.25) is 0 Å². The summed E-state index contributed by atoms with van der Waals surface area (Å²) >= 11 is 0. The van der Waals surface area contributed by atoms with Crippen molar-refractivity contribution in [2.75, 3.05) is 0 Å². The van der Waals surface area contributed by atoms with Gasteiger partial charge in [-0.05, 0) is 55.4 Å². The Bertz CT molecular complexity index is 562. The van der Waals surface area contributed by atoms with E-state index in [1.807, 2.05) is 24.3 Å². The quantitative estimate of drug-likeness (QED) is 0.559. The third-order valence-corrected chi connectivity index (χ3v) is 3.63. The Hall–Kier alpha value is -2.09. The van der Waals surface area contributed by atoms with Gasteiger partial charge >= 0.3 is 0 Å². The molecule has 1 N–H and O–H groups in total. The maximum Gasteiger partial charge on any atom is 0.192 e. The summed E-state index contributed by atoms with van der Waals surface area (Å²) in [6, 6.07) is 6.34. The van der Waals surface area contributed by atoms with Crippen LogP contribution in [0.4, 0.5) is 0 Å². The van der Waals surface area contributed by atoms with Gasteiger partial charge in [-0.1, -0.05) is 45.1 Å². The zero-order valence-electron chi connectivity index (χ0n) is 14.5. The molecule has 1 aliphatic carbocycles. The highest BCUT2D eigenvalue weighted by atomic mass is 16.3. The van der Waals surface area contributed by atoms with Crippen molar-refractivity contribution >= 4 is 5.78 Å². The number of rotatable bonds is 5. The van der Waals surface area contributed by atoms with Crippen molar-refractivity contribution in [1.82, 2.24) is 0 Å². The maximum atomic E-state index is 11.9. The number of aromatic hydroxyl groups is 1. The van der Waals surface area contributed by atoms with Gasteiger partial charge in [0.1, 0.15) is 5.75 Å². The van der Waals surface area contributed by atoms with Gasteiger partial charge in [-0.15, -0.1) is 6.58 Å². The van der Waals surface area contributed by atoms with E-state index < -0.39 is 0 Å². The molecule has 0 saturated heterocycles. The van der Waals surface area contributed by atoms with E-state index in [2.05, 4.69) is 27.4 Å². The van der Waals surface area contributed by atoms with Crippen LogP contribution in [0.5, 0.6) is 5.75 Å². The standard InChI is InChI=1S/C13H12O2.C8H16/c14-12-8-6-11(7-9-12)13(15)10-4-2-1-3-5-10;1-5-8(4)6-7(2)3/h2,4-9,14H,1,3H2;5,7-8H,1,6H2,2-4H3. The summed E-state index contributed by atoms with van der Waals surface area (Å²) in [5.41, 5.74) is 1.36. The summed E-state index contributed by atoms with van der Waals surface area (Å²) in [6.45, 7) is 10.4. The van der Waals surface area contributed by atoms with Crippen molar-refractivity contribution in [3.05, 3.63) is 66.3 Å². The lowest BCUT2D eigenvalue weighted by atomic mass is 9.98. The Morgan fingerprint density at radius 1 is 1.22 bits per heavy atom. The highest BCUT2D eigenvalue weighted by Gasteiger charge is 2.10. The Morgan fingerprint density at radius 3 is 2.30 bits per heavy atom. The van der Waals surface area contributed by atoms with Crippen LogP contribution >= 0.6 is 0 Å². The monoisotopic (exact) mass is 312 g/mol. The van der Waals surface area contributed by atoms with E-state index >= 15 is 0 Å². The minimum atomic E-state index is 0.0194. The SMILES string of the molecule is C=CC(C)CC(C)C.O=C(C1=CCCC=C1)c1ccc(O)cc1. The molecule has 124 valence electrons. The molecule has 0 saturated carbocycles. The molecule has 0 radical (unpaired) electrons. The molecule has 2 rings (SSSR count). The normalized spacial score (nSPS) is 14.5. The average Bonchev–Trinajstić information content (AvgIpc) is 2.55. The van der Waals surface area contributed by atoms with Crippen LogP contribution in [-0.2, 0) is 0 Å². The number of Topliss-reactive ketones (excluding diaryl/α,β-unsaturated/α-hetero) is 1. The highest BCUT2D eigenvalue weighted by Crippen LogP contribution is 2.17. The summed E-state index contributed by atoms with van der Waals surface area (Å²) in [5.74, 6) is 1.70. The van der Waals surface area contributed by atoms with E-state index in [9.17, 15) is 4.79 Å². The van der Waals surface area contributed by atoms with Crippen LogP contribution in [0.1, 0.15) is 50.4 Å². The van der Waals surface area contributed by atoms with Crippen molar-refractivity contribution in [1.29, 1.82) is 0 Å². The number of carbonyl (C=O) groups is 1. The second-order valence-electron chi connectivity index (χ2n) is 6.36. The lowest BCUT2D eigenvalue weighted by Gasteiger charge is -2.06. The molecule has 1 aromatic carbocycles. The third kappa shape index (κ3) is 7.14. The summed E-state index contributed by atoms with van der Waals surface area (Å²) in [5, 5.41) is 9.11.